The van der Waals surface area contributed by atoms with E-state index in [-0.39, 0.29) is 0 Å². The summed E-state index contributed by atoms with van der Waals surface area (Å²) < 4.78 is 0. The van der Waals surface area contributed by atoms with Gasteiger partial charge >= 0.3 is 0 Å². The first-order valence-corrected chi connectivity index (χ1v) is 7.72. The van der Waals surface area contributed by atoms with Crippen molar-refractivity contribution in [2.24, 2.45) is 10.9 Å². The minimum Gasteiger partial charge on any atom is -0.409 e. The molecule has 0 bridgehead atoms. The molecule has 0 spiro atoms. The van der Waals surface area contributed by atoms with Crippen LogP contribution in [0.2, 0.25) is 0 Å². The Morgan fingerprint density at radius 3 is 2.42 bits per heavy atom. The molecule has 0 aromatic carbocycles. The molecule has 2 aliphatic heterocycles. The van der Waals surface area contributed by atoms with E-state index in [0.717, 1.165) is 19.0 Å². The summed E-state index contributed by atoms with van der Waals surface area (Å²) in [6.45, 7) is 6.11. The first kappa shape index (κ1) is 14.6. The molecule has 19 heavy (non-hydrogen) atoms. The van der Waals surface area contributed by atoms with Crippen LogP contribution in [0.15, 0.2) is 5.16 Å². The number of likely N-dealkylation sites (tertiary alicyclic amines) is 2. The fourth-order valence-corrected chi connectivity index (χ4v) is 3.33. The third-order valence-corrected chi connectivity index (χ3v) is 4.50. The molecule has 2 heterocycles. The second kappa shape index (κ2) is 7.70. The molecule has 5 nitrogen and oxygen atoms in total. The highest BCUT2D eigenvalue weighted by Gasteiger charge is 2.25. The number of nitrogens with zero attached hydrogens (tertiary/aromatic N) is 3. The standard InChI is InChI=1S/C14H28N4O/c15-14(16-19)5-4-8-17-11-6-13(7-12-17)18-9-2-1-3-10-18/h13,19H,1-12H2,(H2,15,16). The molecule has 3 N–H and O–H groups in total. The number of amidine groups is 1. The Balaban J connectivity index is 1.62. The van der Waals surface area contributed by atoms with Gasteiger partial charge in [0.15, 0.2) is 0 Å². The van der Waals surface area contributed by atoms with E-state index in [1.54, 1.807) is 0 Å². The zero-order chi connectivity index (χ0) is 13.5. The van der Waals surface area contributed by atoms with Crippen LogP contribution in [0.1, 0.15) is 44.9 Å². The minimum absolute atomic E-state index is 0.350. The van der Waals surface area contributed by atoms with Crippen LogP contribution in [-0.2, 0) is 0 Å². The molecule has 110 valence electrons. The molecule has 2 saturated heterocycles. The summed E-state index contributed by atoms with van der Waals surface area (Å²) in [4.78, 5) is 5.22. The number of hydrogen-bond acceptors (Lipinski definition) is 4. The van der Waals surface area contributed by atoms with Gasteiger partial charge < -0.3 is 20.7 Å². The van der Waals surface area contributed by atoms with Gasteiger partial charge in [-0.05, 0) is 64.8 Å². The van der Waals surface area contributed by atoms with E-state index in [4.69, 9.17) is 10.9 Å². The smallest absolute Gasteiger partial charge is 0.139 e. The maximum absolute atomic E-state index is 8.49. The lowest BCUT2D eigenvalue weighted by atomic mass is 10.00. The highest BCUT2D eigenvalue weighted by Crippen LogP contribution is 2.20. The van der Waals surface area contributed by atoms with Gasteiger partial charge in [-0.25, -0.2) is 0 Å². The fourth-order valence-electron chi connectivity index (χ4n) is 3.33. The first-order valence-electron chi connectivity index (χ1n) is 7.72. The quantitative estimate of drug-likeness (QED) is 0.343. The van der Waals surface area contributed by atoms with E-state index < -0.39 is 0 Å². The highest BCUT2D eigenvalue weighted by molar-refractivity contribution is 5.79. The first-order chi connectivity index (χ1) is 9.29. The Labute approximate surface area is 116 Å². The van der Waals surface area contributed by atoms with Crippen LogP contribution in [0.25, 0.3) is 0 Å². The third-order valence-electron chi connectivity index (χ3n) is 4.50. The van der Waals surface area contributed by atoms with Crippen molar-refractivity contribution in [1.29, 1.82) is 0 Å². The molecular weight excluding hydrogens is 240 g/mol. The summed E-state index contributed by atoms with van der Waals surface area (Å²) in [5.74, 6) is 0.350. The third kappa shape index (κ3) is 4.66. The Bertz CT molecular complexity index is 281. The molecule has 0 aliphatic carbocycles. The van der Waals surface area contributed by atoms with E-state index in [9.17, 15) is 0 Å². The number of hydrogen-bond donors (Lipinski definition) is 2. The average Bonchev–Trinajstić information content (AvgIpc) is 2.48. The summed E-state index contributed by atoms with van der Waals surface area (Å²) in [5, 5.41) is 11.5. The number of nitrogens with two attached hydrogens (primary N) is 1. The van der Waals surface area contributed by atoms with Crippen LogP contribution in [0, 0.1) is 0 Å². The Morgan fingerprint density at radius 1 is 1.11 bits per heavy atom. The zero-order valence-electron chi connectivity index (χ0n) is 11.9. The second-order valence-corrected chi connectivity index (χ2v) is 5.86. The van der Waals surface area contributed by atoms with Gasteiger partial charge in [-0.1, -0.05) is 11.6 Å². The van der Waals surface area contributed by atoms with Crippen molar-refractivity contribution in [3.05, 3.63) is 0 Å². The largest absolute Gasteiger partial charge is 0.409 e. The molecule has 2 rings (SSSR count). The van der Waals surface area contributed by atoms with Crippen LogP contribution in [-0.4, -0.2) is 59.6 Å². The van der Waals surface area contributed by atoms with Crippen molar-refractivity contribution < 1.29 is 5.21 Å². The van der Waals surface area contributed by atoms with Gasteiger partial charge in [0.25, 0.3) is 0 Å². The maximum Gasteiger partial charge on any atom is 0.139 e. The lowest BCUT2D eigenvalue weighted by Gasteiger charge is -2.40. The molecule has 5 heteroatoms. The van der Waals surface area contributed by atoms with Gasteiger partial charge in [-0.2, -0.15) is 0 Å². The van der Waals surface area contributed by atoms with Gasteiger partial charge in [-0.15, -0.1) is 0 Å². The van der Waals surface area contributed by atoms with Crippen LogP contribution < -0.4 is 5.73 Å². The molecule has 0 amide bonds. The molecule has 2 aliphatic rings. The Hall–Kier alpha value is -0.810. The average molecular weight is 268 g/mol. The summed E-state index contributed by atoms with van der Waals surface area (Å²) >= 11 is 0. The highest BCUT2D eigenvalue weighted by atomic mass is 16.4. The van der Waals surface area contributed by atoms with Crippen LogP contribution >= 0.6 is 0 Å². The van der Waals surface area contributed by atoms with E-state index in [2.05, 4.69) is 15.0 Å². The van der Waals surface area contributed by atoms with E-state index in [0.29, 0.717) is 12.3 Å². The normalized spacial score (nSPS) is 24.7. The molecule has 2 fully saturated rings. The zero-order valence-corrected chi connectivity index (χ0v) is 11.9. The molecule has 0 aromatic heterocycles. The minimum atomic E-state index is 0.350. The predicted octanol–water partition coefficient (Wildman–Crippen LogP) is 1.46. The molecular formula is C14H28N4O. The molecule has 0 aromatic rings. The van der Waals surface area contributed by atoms with Crippen LogP contribution in [0.3, 0.4) is 0 Å². The van der Waals surface area contributed by atoms with E-state index in [1.807, 2.05) is 0 Å². The summed E-state index contributed by atoms with van der Waals surface area (Å²) in [5.41, 5.74) is 5.48. The lowest BCUT2D eigenvalue weighted by Crippen LogP contribution is -2.46. The lowest BCUT2D eigenvalue weighted by molar-refractivity contribution is 0.0923. The van der Waals surface area contributed by atoms with Gasteiger partial charge in [0, 0.05) is 12.5 Å². The van der Waals surface area contributed by atoms with Crippen molar-refractivity contribution in [2.45, 2.75) is 51.0 Å². The summed E-state index contributed by atoms with van der Waals surface area (Å²) in [7, 11) is 0. The summed E-state index contributed by atoms with van der Waals surface area (Å²) in [6, 6.07) is 0.820. The SMILES string of the molecule is NC(CCCN1CCC(N2CCCCC2)CC1)=NO. The number of rotatable bonds is 5. The van der Waals surface area contributed by atoms with Gasteiger partial charge in [-0.3, -0.25) is 0 Å². The van der Waals surface area contributed by atoms with Gasteiger partial charge in [0.2, 0.25) is 0 Å². The van der Waals surface area contributed by atoms with Crippen molar-refractivity contribution >= 4 is 5.84 Å². The van der Waals surface area contributed by atoms with Gasteiger partial charge in [0.05, 0.1) is 0 Å². The molecule has 0 saturated carbocycles. The number of oxime groups is 1. The van der Waals surface area contributed by atoms with Crippen molar-refractivity contribution in [3.8, 4) is 0 Å². The molecule has 0 unspecified atom stereocenters. The van der Waals surface area contributed by atoms with Crippen LogP contribution in [0.4, 0.5) is 0 Å². The number of piperidine rings is 2. The van der Waals surface area contributed by atoms with Crippen molar-refractivity contribution in [2.75, 3.05) is 32.7 Å². The molecule has 0 atom stereocenters. The fraction of sp³-hybridized carbons (Fsp3) is 0.929. The second-order valence-electron chi connectivity index (χ2n) is 5.86. The predicted molar refractivity (Wildman–Crippen MR) is 77.5 cm³/mol. The van der Waals surface area contributed by atoms with E-state index >= 15 is 0 Å². The topological polar surface area (TPSA) is 65.1 Å². The van der Waals surface area contributed by atoms with Crippen molar-refractivity contribution in [3.63, 3.8) is 0 Å². The van der Waals surface area contributed by atoms with Crippen LogP contribution in [0.5, 0.6) is 0 Å². The Morgan fingerprint density at radius 2 is 1.79 bits per heavy atom. The summed E-state index contributed by atoms with van der Waals surface area (Å²) in [6.07, 6.45) is 8.50. The Kier molecular flexibility index (Phi) is 5.92. The van der Waals surface area contributed by atoms with Crippen molar-refractivity contribution in [1.82, 2.24) is 9.80 Å². The van der Waals surface area contributed by atoms with Gasteiger partial charge in [0.1, 0.15) is 5.84 Å². The van der Waals surface area contributed by atoms with E-state index in [1.165, 1.54) is 58.3 Å². The molecule has 0 radical (unpaired) electrons. The maximum atomic E-state index is 8.49. The monoisotopic (exact) mass is 268 g/mol.